The fraction of sp³-hybridized carbons (Fsp3) is 0.600. The summed E-state index contributed by atoms with van der Waals surface area (Å²) in [5.41, 5.74) is 5.71. The van der Waals surface area contributed by atoms with Crippen molar-refractivity contribution in [2.45, 2.75) is 20.8 Å². The first kappa shape index (κ1) is 10.8. The van der Waals surface area contributed by atoms with Crippen molar-refractivity contribution >= 4 is 11.6 Å². The Hall–Kier alpha value is -1.32. The molecule has 0 saturated heterocycles. The number of nitrogens with zero attached hydrogens (tertiary/aromatic N) is 3. The Morgan fingerprint density at radius 3 is 2.36 bits per heavy atom. The van der Waals surface area contributed by atoms with E-state index >= 15 is 0 Å². The molecule has 4 heteroatoms. The van der Waals surface area contributed by atoms with Crippen LogP contribution in [0.1, 0.15) is 20.8 Å². The van der Waals surface area contributed by atoms with E-state index < -0.39 is 0 Å². The summed E-state index contributed by atoms with van der Waals surface area (Å²) in [4.78, 5) is 2.08. The summed E-state index contributed by atoms with van der Waals surface area (Å²) < 4.78 is 0. The average molecular weight is 194 g/mol. The lowest BCUT2D eigenvalue weighted by molar-refractivity contribution is 0.417. The molecule has 0 aliphatic carbocycles. The zero-order valence-electron chi connectivity index (χ0n) is 9.28. The van der Waals surface area contributed by atoms with E-state index in [1.165, 1.54) is 0 Å². The lowest BCUT2D eigenvalue weighted by Crippen LogP contribution is -2.29. The predicted octanol–water partition coefficient (Wildman–Crippen LogP) is 1.54. The second kappa shape index (κ2) is 3.82. The summed E-state index contributed by atoms with van der Waals surface area (Å²) in [5, 5.41) is 7.83. The first-order chi connectivity index (χ1) is 6.38. The van der Waals surface area contributed by atoms with Crippen LogP contribution >= 0.6 is 0 Å². The minimum atomic E-state index is 0.248. The number of hydrogen-bond acceptors (Lipinski definition) is 4. The number of aromatic nitrogens is 2. The smallest absolute Gasteiger partial charge is 0.151 e. The SMILES string of the molecule is CN(CC(C)(C)C)c1ccc(N)nn1. The molecule has 1 aromatic rings. The van der Waals surface area contributed by atoms with E-state index in [9.17, 15) is 0 Å². The highest BCUT2D eigenvalue weighted by Crippen LogP contribution is 2.18. The van der Waals surface area contributed by atoms with Crippen LogP contribution in [0.5, 0.6) is 0 Å². The Bertz CT molecular complexity index is 286. The zero-order chi connectivity index (χ0) is 10.8. The third-order valence-corrected chi connectivity index (χ3v) is 1.77. The Balaban J connectivity index is 2.70. The molecular weight excluding hydrogens is 176 g/mol. The van der Waals surface area contributed by atoms with E-state index in [4.69, 9.17) is 5.73 Å². The first-order valence-electron chi connectivity index (χ1n) is 4.69. The van der Waals surface area contributed by atoms with Crippen LogP contribution in [0.15, 0.2) is 12.1 Å². The minimum Gasteiger partial charge on any atom is -0.382 e. The van der Waals surface area contributed by atoms with E-state index in [0.29, 0.717) is 5.82 Å². The third-order valence-electron chi connectivity index (χ3n) is 1.77. The number of nitrogens with two attached hydrogens (primary N) is 1. The highest BCUT2D eigenvalue weighted by Gasteiger charge is 2.14. The van der Waals surface area contributed by atoms with Crippen molar-refractivity contribution in [3.63, 3.8) is 0 Å². The van der Waals surface area contributed by atoms with Gasteiger partial charge in [-0.15, -0.1) is 10.2 Å². The number of rotatable bonds is 2. The Kier molecular flexibility index (Phi) is 2.93. The summed E-state index contributed by atoms with van der Waals surface area (Å²) >= 11 is 0. The number of hydrogen-bond donors (Lipinski definition) is 1. The summed E-state index contributed by atoms with van der Waals surface area (Å²) in [7, 11) is 2.01. The molecule has 0 bridgehead atoms. The van der Waals surface area contributed by atoms with Gasteiger partial charge in [0.15, 0.2) is 5.82 Å². The molecule has 1 aromatic heterocycles. The van der Waals surface area contributed by atoms with Crippen molar-refractivity contribution in [1.82, 2.24) is 10.2 Å². The lowest BCUT2D eigenvalue weighted by atomic mass is 9.96. The van der Waals surface area contributed by atoms with Gasteiger partial charge in [0.2, 0.25) is 0 Å². The highest BCUT2D eigenvalue weighted by molar-refractivity contribution is 5.40. The molecule has 1 rings (SSSR count). The van der Waals surface area contributed by atoms with Crippen molar-refractivity contribution in [2.24, 2.45) is 5.41 Å². The molecule has 0 spiro atoms. The van der Waals surface area contributed by atoms with Gasteiger partial charge in [0.1, 0.15) is 5.82 Å². The van der Waals surface area contributed by atoms with E-state index in [0.717, 1.165) is 12.4 Å². The van der Waals surface area contributed by atoms with E-state index in [1.807, 2.05) is 13.1 Å². The number of anilines is 2. The van der Waals surface area contributed by atoms with Gasteiger partial charge in [0, 0.05) is 13.6 Å². The molecule has 0 aliphatic rings. The highest BCUT2D eigenvalue weighted by atomic mass is 15.3. The summed E-state index contributed by atoms with van der Waals surface area (Å²) in [5.74, 6) is 1.31. The standard InChI is InChI=1S/C10H18N4/c1-10(2,3)7-14(4)9-6-5-8(11)12-13-9/h5-6H,7H2,1-4H3,(H2,11,12). The maximum absolute atomic E-state index is 5.46. The molecule has 0 unspecified atom stereocenters. The van der Waals surface area contributed by atoms with Gasteiger partial charge in [-0.2, -0.15) is 0 Å². The van der Waals surface area contributed by atoms with E-state index in [1.54, 1.807) is 6.07 Å². The zero-order valence-corrected chi connectivity index (χ0v) is 9.28. The molecule has 0 amide bonds. The minimum absolute atomic E-state index is 0.248. The molecule has 1 heterocycles. The Morgan fingerprint density at radius 2 is 1.93 bits per heavy atom. The van der Waals surface area contributed by atoms with Gasteiger partial charge in [-0.1, -0.05) is 20.8 Å². The Morgan fingerprint density at radius 1 is 1.29 bits per heavy atom. The summed E-state index contributed by atoms with van der Waals surface area (Å²) in [6.45, 7) is 7.50. The molecule has 0 radical (unpaired) electrons. The van der Waals surface area contributed by atoms with Crippen LogP contribution in [-0.4, -0.2) is 23.8 Å². The molecule has 78 valence electrons. The van der Waals surface area contributed by atoms with Crippen molar-refractivity contribution < 1.29 is 0 Å². The van der Waals surface area contributed by atoms with Crippen molar-refractivity contribution in [2.75, 3.05) is 24.2 Å². The average Bonchev–Trinajstić information content (AvgIpc) is 2.02. The fourth-order valence-electron chi connectivity index (χ4n) is 1.33. The van der Waals surface area contributed by atoms with Gasteiger partial charge >= 0.3 is 0 Å². The van der Waals surface area contributed by atoms with Gasteiger partial charge in [-0.05, 0) is 17.5 Å². The van der Waals surface area contributed by atoms with E-state index in [-0.39, 0.29) is 5.41 Å². The number of nitrogen functional groups attached to an aromatic ring is 1. The maximum Gasteiger partial charge on any atom is 0.151 e. The molecule has 4 nitrogen and oxygen atoms in total. The maximum atomic E-state index is 5.46. The second-order valence-electron chi connectivity index (χ2n) is 4.73. The molecule has 14 heavy (non-hydrogen) atoms. The summed E-state index contributed by atoms with van der Waals surface area (Å²) in [6, 6.07) is 3.65. The van der Waals surface area contributed by atoms with Crippen LogP contribution in [0.2, 0.25) is 0 Å². The molecule has 0 atom stereocenters. The van der Waals surface area contributed by atoms with Gasteiger partial charge in [0.05, 0.1) is 0 Å². The predicted molar refractivity (Wildman–Crippen MR) is 59.2 cm³/mol. The molecule has 0 fully saturated rings. The van der Waals surface area contributed by atoms with E-state index in [2.05, 4.69) is 35.9 Å². The normalized spacial score (nSPS) is 11.4. The quantitative estimate of drug-likeness (QED) is 0.776. The van der Waals surface area contributed by atoms with Crippen LogP contribution in [0.4, 0.5) is 11.6 Å². The molecule has 2 N–H and O–H groups in total. The lowest BCUT2D eigenvalue weighted by Gasteiger charge is -2.26. The van der Waals surface area contributed by atoms with Crippen LogP contribution in [0, 0.1) is 5.41 Å². The van der Waals surface area contributed by atoms with Crippen LogP contribution in [0.3, 0.4) is 0 Å². The first-order valence-corrected chi connectivity index (χ1v) is 4.69. The third kappa shape index (κ3) is 3.20. The van der Waals surface area contributed by atoms with Gasteiger partial charge in [-0.3, -0.25) is 0 Å². The Labute approximate surface area is 85.1 Å². The van der Waals surface area contributed by atoms with Crippen molar-refractivity contribution in [1.29, 1.82) is 0 Å². The van der Waals surface area contributed by atoms with Crippen LogP contribution in [-0.2, 0) is 0 Å². The van der Waals surface area contributed by atoms with Gasteiger partial charge in [-0.25, -0.2) is 0 Å². The molecule has 0 aromatic carbocycles. The monoisotopic (exact) mass is 194 g/mol. The van der Waals surface area contributed by atoms with Crippen LogP contribution in [0.25, 0.3) is 0 Å². The topological polar surface area (TPSA) is 55.0 Å². The van der Waals surface area contributed by atoms with Crippen molar-refractivity contribution in [3.05, 3.63) is 12.1 Å². The van der Waals surface area contributed by atoms with Gasteiger partial charge < -0.3 is 10.6 Å². The van der Waals surface area contributed by atoms with Crippen molar-refractivity contribution in [3.8, 4) is 0 Å². The molecule has 0 saturated carbocycles. The van der Waals surface area contributed by atoms with Crippen LogP contribution < -0.4 is 10.6 Å². The molecule has 0 aliphatic heterocycles. The molecular formula is C10H18N4. The second-order valence-corrected chi connectivity index (χ2v) is 4.73. The fourth-order valence-corrected chi connectivity index (χ4v) is 1.33. The summed E-state index contributed by atoms with van der Waals surface area (Å²) in [6.07, 6.45) is 0. The largest absolute Gasteiger partial charge is 0.382 e. The van der Waals surface area contributed by atoms with Gasteiger partial charge in [0.25, 0.3) is 0 Å².